The predicted octanol–water partition coefficient (Wildman–Crippen LogP) is 4.71. The number of hydrogen-bond donors (Lipinski definition) is 1. The van der Waals surface area contributed by atoms with Gasteiger partial charge in [-0.1, -0.05) is 25.8 Å². The molecule has 1 saturated heterocycles. The Morgan fingerprint density at radius 1 is 1.25 bits per heavy atom. The number of alkyl carbamates (subject to hydrolysis) is 1. The fraction of sp³-hybridized carbons (Fsp3) is 0.731. The number of pyridine rings is 1. The first-order valence-electron chi connectivity index (χ1n) is 12.4. The Balaban J connectivity index is 1.31. The van der Waals surface area contributed by atoms with Crippen molar-refractivity contribution in [2.45, 2.75) is 109 Å². The first-order chi connectivity index (χ1) is 15.2. The third-order valence-corrected chi connectivity index (χ3v) is 8.46. The second kappa shape index (κ2) is 7.74. The number of nitrogens with one attached hydrogen (secondary N) is 1. The van der Waals surface area contributed by atoms with Gasteiger partial charge < -0.3 is 15.0 Å². The molecule has 3 heterocycles. The molecule has 2 unspecified atom stereocenters. The second-order valence-corrected chi connectivity index (χ2v) is 11.6. The van der Waals surface area contributed by atoms with Crippen LogP contribution in [0.1, 0.15) is 95.4 Å². The van der Waals surface area contributed by atoms with E-state index >= 15 is 0 Å². The van der Waals surface area contributed by atoms with E-state index in [4.69, 9.17) is 9.72 Å². The molecule has 2 aliphatic carbocycles. The Bertz CT molecular complexity index is 917. The van der Waals surface area contributed by atoms with E-state index in [0.717, 1.165) is 19.3 Å². The molecule has 174 valence electrons. The third kappa shape index (κ3) is 3.69. The number of carbonyl (C=O) groups excluding carboxylic acids is 2. The summed E-state index contributed by atoms with van der Waals surface area (Å²) in [6.07, 6.45) is 10.1. The summed E-state index contributed by atoms with van der Waals surface area (Å²) in [5.74, 6) is 1.17. The molecule has 2 amide bonds. The zero-order chi connectivity index (χ0) is 22.7. The maximum absolute atomic E-state index is 13.7. The highest BCUT2D eigenvalue weighted by atomic mass is 16.6. The lowest BCUT2D eigenvalue weighted by molar-refractivity contribution is -0.137. The number of carbonyl (C=O) groups is 2. The third-order valence-electron chi connectivity index (χ3n) is 8.46. The topological polar surface area (TPSA) is 71.5 Å². The van der Waals surface area contributed by atoms with Crippen LogP contribution in [0.25, 0.3) is 0 Å². The maximum Gasteiger partial charge on any atom is 0.407 e. The first-order valence-corrected chi connectivity index (χ1v) is 12.4. The van der Waals surface area contributed by atoms with Gasteiger partial charge in [-0.05, 0) is 75.8 Å². The molecule has 1 N–H and O–H groups in total. The van der Waals surface area contributed by atoms with E-state index in [1.807, 2.05) is 20.8 Å². The van der Waals surface area contributed by atoms with E-state index in [2.05, 4.69) is 29.4 Å². The van der Waals surface area contributed by atoms with Crippen LogP contribution in [-0.4, -0.2) is 39.6 Å². The quantitative estimate of drug-likeness (QED) is 0.725. The minimum Gasteiger partial charge on any atom is -0.444 e. The van der Waals surface area contributed by atoms with E-state index in [9.17, 15) is 9.59 Å². The zero-order valence-corrected chi connectivity index (χ0v) is 19.9. The van der Waals surface area contributed by atoms with Crippen molar-refractivity contribution in [1.29, 1.82) is 0 Å². The molecule has 3 fully saturated rings. The number of hydrogen-bond acceptors (Lipinski definition) is 4. The number of ether oxygens (including phenoxy) is 1. The van der Waals surface area contributed by atoms with Gasteiger partial charge in [0.2, 0.25) is 5.91 Å². The molecule has 32 heavy (non-hydrogen) atoms. The molecule has 4 aliphatic rings. The first kappa shape index (κ1) is 21.7. The SMILES string of the molecule is CC1C2Cc3ncc(C4CCCC4)cc3CN2C(=O)[C@]12CC[C@@H](NC(=O)OC(C)(C)C)C2. The number of fused-ring (bicyclic) bond motifs is 2. The summed E-state index contributed by atoms with van der Waals surface area (Å²) >= 11 is 0. The molecule has 2 aliphatic heterocycles. The predicted molar refractivity (Wildman–Crippen MR) is 122 cm³/mol. The van der Waals surface area contributed by atoms with Gasteiger partial charge in [0.1, 0.15) is 5.60 Å². The van der Waals surface area contributed by atoms with E-state index in [1.165, 1.54) is 42.5 Å². The van der Waals surface area contributed by atoms with Crippen LogP contribution in [0.5, 0.6) is 0 Å². The average Bonchev–Trinajstić information content (AvgIpc) is 3.44. The maximum atomic E-state index is 13.7. The van der Waals surface area contributed by atoms with Crippen LogP contribution in [0.4, 0.5) is 4.79 Å². The summed E-state index contributed by atoms with van der Waals surface area (Å²) < 4.78 is 5.44. The Kier molecular flexibility index (Phi) is 5.25. The van der Waals surface area contributed by atoms with Crippen molar-refractivity contribution < 1.29 is 14.3 Å². The summed E-state index contributed by atoms with van der Waals surface area (Å²) in [4.78, 5) is 33.0. The van der Waals surface area contributed by atoms with Crippen LogP contribution < -0.4 is 5.32 Å². The van der Waals surface area contributed by atoms with Crippen molar-refractivity contribution in [2.75, 3.05) is 0 Å². The van der Waals surface area contributed by atoms with Crippen molar-refractivity contribution in [3.05, 3.63) is 29.1 Å². The molecular formula is C26H37N3O3. The highest BCUT2D eigenvalue weighted by Gasteiger charge is 2.60. The van der Waals surface area contributed by atoms with Crippen molar-refractivity contribution in [3.63, 3.8) is 0 Å². The fourth-order valence-corrected chi connectivity index (χ4v) is 6.77. The minimum atomic E-state index is -0.520. The molecule has 0 radical (unpaired) electrons. The highest BCUT2D eigenvalue weighted by molar-refractivity contribution is 5.87. The van der Waals surface area contributed by atoms with Crippen LogP contribution in [0.3, 0.4) is 0 Å². The molecule has 0 bridgehead atoms. The molecule has 1 spiro atoms. The highest BCUT2D eigenvalue weighted by Crippen LogP contribution is 2.54. The van der Waals surface area contributed by atoms with Gasteiger partial charge in [0.05, 0.1) is 5.41 Å². The lowest BCUT2D eigenvalue weighted by Gasteiger charge is -2.33. The normalized spacial score (nSPS) is 32.3. The monoisotopic (exact) mass is 439 g/mol. The molecule has 1 aromatic rings. The molecule has 6 nitrogen and oxygen atoms in total. The Labute approximate surface area is 191 Å². The summed E-state index contributed by atoms with van der Waals surface area (Å²) in [5, 5.41) is 3.02. The van der Waals surface area contributed by atoms with Gasteiger partial charge in [0.15, 0.2) is 0 Å². The van der Waals surface area contributed by atoms with Gasteiger partial charge >= 0.3 is 6.09 Å². The standard InChI is InChI=1S/C26H37N3O3/c1-16-22-12-21-19(11-18(14-27-21)17-7-5-6-8-17)15-29(22)23(30)26(16)10-9-20(13-26)28-24(31)32-25(2,3)4/h11,14,16-17,20,22H,5-10,12-13,15H2,1-4H3,(H,28,31)/t16?,20-,22?,26+/m1/s1. The number of nitrogens with zero attached hydrogens (tertiary/aromatic N) is 2. The molecule has 2 saturated carbocycles. The molecule has 1 aromatic heterocycles. The Morgan fingerprint density at radius 3 is 2.72 bits per heavy atom. The van der Waals surface area contributed by atoms with Crippen LogP contribution in [0.2, 0.25) is 0 Å². The Hall–Kier alpha value is -2.11. The summed E-state index contributed by atoms with van der Waals surface area (Å²) in [5.41, 5.74) is 2.88. The molecule has 5 rings (SSSR count). The molecule has 4 atom stereocenters. The number of amides is 2. The van der Waals surface area contributed by atoms with Crippen molar-refractivity contribution in [2.24, 2.45) is 11.3 Å². The van der Waals surface area contributed by atoms with Crippen molar-refractivity contribution in [3.8, 4) is 0 Å². The van der Waals surface area contributed by atoms with Crippen LogP contribution >= 0.6 is 0 Å². The van der Waals surface area contributed by atoms with E-state index in [1.54, 1.807) is 0 Å². The smallest absolute Gasteiger partial charge is 0.407 e. The lowest BCUT2D eigenvalue weighted by atomic mass is 9.73. The van der Waals surface area contributed by atoms with Gasteiger partial charge in [0, 0.05) is 36.9 Å². The summed E-state index contributed by atoms with van der Waals surface area (Å²) in [6, 6.07) is 2.53. The van der Waals surface area contributed by atoms with Crippen LogP contribution in [0.15, 0.2) is 12.3 Å². The van der Waals surface area contributed by atoms with Crippen molar-refractivity contribution >= 4 is 12.0 Å². The van der Waals surface area contributed by atoms with Crippen molar-refractivity contribution in [1.82, 2.24) is 15.2 Å². The molecule has 6 heteroatoms. The summed E-state index contributed by atoms with van der Waals surface area (Å²) in [7, 11) is 0. The van der Waals surface area contributed by atoms with Gasteiger partial charge in [-0.15, -0.1) is 0 Å². The Morgan fingerprint density at radius 2 is 2.00 bits per heavy atom. The van der Waals surface area contributed by atoms with Gasteiger partial charge in [-0.25, -0.2) is 4.79 Å². The molecule has 0 aromatic carbocycles. The fourth-order valence-electron chi connectivity index (χ4n) is 6.77. The largest absolute Gasteiger partial charge is 0.444 e. The average molecular weight is 440 g/mol. The lowest BCUT2D eigenvalue weighted by Crippen LogP contribution is -2.41. The van der Waals surface area contributed by atoms with Gasteiger partial charge in [0.25, 0.3) is 0 Å². The van der Waals surface area contributed by atoms with Crippen LogP contribution in [-0.2, 0) is 22.5 Å². The molecular weight excluding hydrogens is 402 g/mol. The van der Waals surface area contributed by atoms with E-state index < -0.39 is 5.60 Å². The number of aromatic nitrogens is 1. The minimum absolute atomic E-state index is 0.00734. The summed E-state index contributed by atoms with van der Waals surface area (Å²) in [6.45, 7) is 8.52. The van der Waals surface area contributed by atoms with Gasteiger partial charge in [-0.2, -0.15) is 0 Å². The number of rotatable bonds is 2. The van der Waals surface area contributed by atoms with E-state index in [-0.39, 0.29) is 35.4 Å². The van der Waals surface area contributed by atoms with E-state index in [0.29, 0.717) is 18.9 Å². The van der Waals surface area contributed by atoms with Gasteiger partial charge in [-0.3, -0.25) is 9.78 Å². The second-order valence-electron chi connectivity index (χ2n) is 11.6. The zero-order valence-electron chi connectivity index (χ0n) is 19.9. The van der Waals surface area contributed by atoms with Crippen LogP contribution in [0, 0.1) is 11.3 Å².